The van der Waals surface area contributed by atoms with Crippen LogP contribution in [0.5, 0.6) is 0 Å². The minimum atomic E-state index is 0.186. The summed E-state index contributed by atoms with van der Waals surface area (Å²) >= 11 is 0. The highest BCUT2D eigenvalue weighted by molar-refractivity contribution is 5.80. The van der Waals surface area contributed by atoms with Gasteiger partial charge >= 0.3 is 0 Å². The molecule has 3 fully saturated rings. The van der Waals surface area contributed by atoms with Crippen molar-refractivity contribution in [3.05, 3.63) is 0 Å². The van der Waals surface area contributed by atoms with E-state index in [0.717, 1.165) is 39.1 Å². The molecule has 0 spiro atoms. The second kappa shape index (κ2) is 5.17. The lowest BCUT2D eigenvalue weighted by Crippen LogP contribution is -2.56. The smallest absolute Gasteiger partial charge is 0.227 e. The molecule has 0 bridgehead atoms. The van der Waals surface area contributed by atoms with Gasteiger partial charge in [-0.25, -0.2) is 0 Å². The number of carbonyl (C=O) groups excluding carboxylic acids is 1. The van der Waals surface area contributed by atoms with Crippen molar-refractivity contribution in [2.45, 2.75) is 44.8 Å². The van der Waals surface area contributed by atoms with Gasteiger partial charge in [0.25, 0.3) is 0 Å². The molecular formula is C14H24N2O2. The van der Waals surface area contributed by atoms with Gasteiger partial charge in [0.1, 0.15) is 0 Å². The molecule has 0 aromatic carbocycles. The van der Waals surface area contributed by atoms with Crippen LogP contribution < -0.4 is 5.32 Å². The fourth-order valence-corrected chi connectivity index (χ4v) is 3.72. The Kier molecular flexibility index (Phi) is 3.57. The Balaban J connectivity index is 1.71. The van der Waals surface area contributed by atoms with E-state index in [-0.39, 0.29) is 5.92 Å². The molecule has 1 amide bonds. The van der Waals surface area contributed by atoms with Gasteiger partial charge in [-0.05, 0) is 25.3 Å². The van der Waals surface area contributed by atoms with Crippen LogP contribution in [0.25, 0.3) is 0 Å². The van der Waals surface area contributed by atoms with Gasteiger partial charge < -0.3 is 15.0 Å². The summed E-state index contributed by atoms with van der Waals surface area (Å²) in [6.45, 7) is 5.54. The SMILES string of the molecule is CC1CNCC1C(=O)N1CCOC2CCCCC21. The zero-order valence-corrected chi connectivity index (χ0v) is 11.2. The molecule has 3 aliphatic rings. The number of nitrogens with zero attached hydrogens (tertiary/aromatic N) is 1. The molecule has 2 heterocycles. The van der Waals surface area contributed by atoms with Crippen molar-refractivity contribution < 1.29 is 9.53 Å². The summed E-state index contributed by atoms with van der Waals surface area (Å²) < 4.78 is 5.84. The topological polar surface area (TPSA) is 41.6 Å². The molecule has 4 nitrogen and oxygen atoms in total. The number of morpholine rings is 1. The van der Waals surface area contributed by atoms with Gasteiger partial charge in [-0.15, -0.1) is 0 Å². The molecule has 4 heteroatoms. The molecule has 1 saturated carbocycles. The first-order valence-electron chi connectivity index (χ1n) is 7.40. The second-order valence-electron chi connectivity index (χ2n) is 6.03. The number of carbonyl (C=O) groups is 1. The standard InChI is InChI=1S/C14H24N2O2/c1-10-8-15-9-11(10)14(17)16-6-7-18-13-5-3-2-4-12(13)16/h10-13,15H,2-9H2,1H3. The van der Waals surface area contributed by atoms with Crippen LogP contribution in [-0.2, 0) is 9.53 Å². The Hall–Kier alpha value is -0.610. The van der Waals surface area contributed by atoms with E-state index in [4.69, 9.17) is 4.74 Å². The van der Waals surface area contributed by atoms with Crippen LogP contribution in [0.1, 0.15) is 32.6 Å². The van der Waals surface area contributed by atoms with Gasteiger partial charge in [0, 0.05) is 13.1 Å². The van der Waals surface area contributed by atoms with Crippen molar-refractivity contribution in [1.82, 2.24) is 10.2 Å². The van der Waals surface area contributed by atoms with Gasteiger partial charge in [0.15, 0.2) is 0 Å². The lowest BCUT2D eigenvalue weighted by atomic mass is 9.88. The summed E-state index contributed by atoms with van der Waals surface area (Å²) in [6, 6.07) is 0.354. The van der Waals surface area contributed by atoms with Crippen molar-refractivity contribution in [2.24, 2.45) is 11.8 Å². The van der Waals surface area contributed by atoms with Crippen LogP contribution in [0.3, 0.4) is 0 Å². The normalized spacial score (nSPS) is 40.6. The molecular weight excluding hydrogens is 228 g/mol. The molecule has 1 N–H and O–H groups in total. The average Bonchev–Trinajstić information content (AvgIpc) is 2.83. The summed E-state index contributed by atoms with van der Waals surface area (Å²) in [5.74, 6) is 1.03. The van der Waals surface area contributed by atoms with Crippen molar-refractivity contribution >= 4 is 5.91 Å². The predicted octanol–water partition coefficient (Wildman–Crippen LogP) is 1.01. The first kappa shape index (κ1) is 12.4. The number of fused-ring (bicyclic) bond motifs is 1. The lowest BCUT2D eigenvalue weighted by Gasteiger charge is -2.44. The van der Waals surface area contributed by atoms with Gasteiger partial charge in [0.05, 0.1) is 24.7 Å². The van der Waals surface area contributed by atoms with E-state index in [1.165, 1.54) is 12.8 Å². The Labute approximate surface area is 109 Å². The fourth-order valence-electron chi connectivity index (χ4n) is 3.72. The highest BCUT2D eigenvalue weighted by atomic mass is 16.5. The fraction of sp³-hybridized carbons (Fsp3) is 0.929. The van der Waals surface area contributed by atoms with E-state index in [9.17, 15) is 4.79 Å². The highest BCUT2D eigenvalue weighted by Gasteiger charge is 2.41. The van der Waals surface area contributed by atoms with Crippen molar-refractivity contribution in [2.75, 3.05) is 26.2 Å². The van der Waals surface area contributed by atoms with E-state index in [1.54, 1.807) is 0 Å². The maximum atomic E-state index is 12.7. The quantitative estimate of drug-likeness (QED) is 0.757. The van der Waals surface area contributed by atoms with Crippen molar-refractivity contribution in [3.8, 4) is 0 Å². The van der Waals surface area contributed by atoms with E-state index in [1.807, 2.05) is 0 Å². The molecule has 1 aliphatic carbocycles. The zero-order valence-electron chi connectivity index (χ0n) is 11.2. The second-order valence-corrected chi connectivity index (χ2v) is 6.03. The van der Waals surface area contributed by atoms with Crippen LogP contribution >= 0.6 is 0 Å². The highest BCUT2D eigenvalue weighted by Crippen LogP contribution is 2.30. The third-order valence-electron chi connectivity index (χ3n) is 4.85. The maximum absolute atomic E-state index is 12.7. The molecule has 3 rings (SSSR count). The molecule has 0 radical (unpaired) electrons. The number of hydrogen-bond donors (Lipinski definition) is 1. The molecule has 0 aromatic heterocycles. The number of amides is 1. The predicted molar refractivity (Wildman–Crippen MR) is 69.2 cm³/mol. The first-order chi connectivity index (χ1) is 8.77. The monoisotopic (exact) mass is 252 g/mol. The first-order valence-corrected chi connectivity index (χ1v) is 7.40. The summed E-state index contributed by atoms with van der Waals surface area (Å²) in [5.41, 5.74) is 0. The zero-order chi connectivity index (χ0) is 12.5. The third kappa shape index (κ3) is 2.16. The molecule has 4 unspecified atom stereocenters. The van der Waals surface area contributed by atoms with Crippen LogP contribution in [-0.4, -0.2) is 49.2 Å². The Morgan fingerprint density at radius 2 is 2.11 bits per heavy atom. The number of hydrogen-bond acceptors (Lipinski definition) is 3. The minimum Gasteiger partial charge on any atom is -0.374 e. The Bertz CT molecular complexity index is 319. The van der Waals surface area contributed by atoms with E-state index >= 15 is 0 Å². The summed E-state index contributed by atoms with van der Waals surface area (Å²) in [5, 5.41) is 3.34. The molecule has 0 aromatic rings. The van der Waals surface area contributed by atoms with E-state index in [0.29, 0.717) is 24.0 Å². The molecule has 18 heavy (non-hydrogen) atoms. The van der Waals surface area contributed by atoms with Gasteiger partial charge in [-0.2, -0.15) is 0 Å². The Morgan fingerprint density at radius 1 is 1.28 bits per heavy atom. The van der Waals surface area contributed by atoms with Crippen molar-refractivity contribution in [1.29, 1.82) is 0 Å². The van der Waals surface area contributed by atoms with Gasteiger partial charge in [0.2, 0.25) is 5.91 Å². The molecule has 2 aliphatic heterocycles. The number of nitrogens with one attached hydrogen (secondary N) is 1. The average molecular weight is 252 g/mol. The number of rotatable bonds is 1. The summed E-state index contributed by atoms with van der Waals surface area (Å²) in [4.78, 5) is 14.8. The van der Waals surface area contributed by atoms with Gasteiger partial charge in [-0.3, -0.25) is 4.79 Å². The molecule has 4 atom stereocenters. The van der Waals surface area contributed by atoms with Crippen LogP contribution in [0.15, 0.2) is 0 Å². The summed E-state index contributed by atoms with van der Waals surface area (Å²) in [6.07, 6.45) is 5.07. The largest absolute Gasteiger partial charge is 0.374 e. The third-order valence-corrected chi connectivity index (χ3v) is 4.85. The van der Waals surface area contributed by atoms with Crippen LogP contribution in [0.4, 0.5) is 0 Å². The molecule has 2 saturated heterocycles. The van der Waals surface area contributed by atoms with Crippen LogP contribution in [0, 0.1) is 11.8 Å². The van der Waals surface area contributed by atoms with Crippen molar-refractivity contribution in [3.63, 3.8) is 0 Å². The van der Waals surface area contributed by atoms with E-state index < -0.39 is 0 Å². The minimum absolute atomic E-state index is 0.186. The van der Waals surface area contributed by atoms with E-state index in [2.05, 4.69) is 17.1 Å². The molecule has 102 valence electrons. The lowest BCUT2D eigenvalue weighted by molar-refractivity contribution is -0.154. The van der Waals surface area contributed by atoms with Crippen LogP contribution in [0.2, 0.25) is 0 Å². The van der Waals surface area contributed by atoms with Gasteiger partial charge in [-0.1, -0.05) is 19.8 Å². The Morgan fingerprint density at radius 3 is 2.89 bits per heavy atom. The summed E-state index contributed by atoms with van der Waals surface area (Å²) in [7, 11) is 0. The number of ether oxygens (including phenoxy) is 1. The maximum Gasteiger partial charge on any atom is 0.227 e.